The van der Waals surface area contributed by atoms with Crippen molar-refractivity contribution in [2.75, 3.05) is 51.4 Å². The summed E-state index contributed by atoms with van der Waals surface area (Å²) in [4.78, 5) is 29.9. The lowest BCUT2D eigenvalue weighted by atomic mass is 10.0. The van der Waals surface area contributed by atoms with Crippen molar-refractivity contribution in [1.82, 2.24) is 19.9 Å². The van der Waals surface area contributed by atoms with Crippen molar-refractivity contribution >= 4 is 33.5 Å². The molecule has 188 valence electrons. The number of nitrogens with one attached hydrogen (secondary N) is 1. The van der Waals surface area contributed by atoms with Crippen LogP contribution in [0.5, 0.6) is 5.75 Å². The number of ether oxygens (including phenoxy) is 2. The summed E-state index contributed by atoms with van der Waals surface area (Å²) in [5.41, 5.74) is 9.65. The molecule has 1 fully saturated rings. The third kappa shape index (κ3) is 4.84. The minimum absolute atomic E-state index is 0.0161. The van der Waals surface area contributed by atoms with E-state index in [-0.39, 0.29) is 5.91 Å². The number of aromatic nitrogens is 3. The Morgan fingerprint density at radius 2 is 1.86 bits per heavy atom. The van der Waals surface area contributed by atoms with E-state index in [2.05, 4.69) is 28.1 Å². The van der Waals surface area contributed by atoms with Crippen molar-refractivity contribution in [3.63, 3.8) is 0 Å². The molecule has 0 saturated carbocycles. The van der Waals surface area contributed by atoms with Crippen molar-refractivity contribution < 1.29 is 14.3 Å². The summed E-state index contributed by atoms with van der Waals surface area (Å²) in [6, 6.07) is 16.1. The van der Waals surface area contributed by atoms with Gasteiger partial charge in [0, 0.05) is 44.7 Å². The average molecular weight is 489 g/mol. The van der Waals surface area contributed by atoms with Crippen LogP contribution in [-0.4, -0.2) is 77.8 Å². The Hall–Kier alpha value is -3.69. The van der Waals surface area contributed by atoms with Crippen LogP contribution in [0.2, 0.25) is 0 Å². The standard InChI is InChI=1S/C27H32N6O3/c1-27(2,28)26(34)33-13-11-32(12-14-33)23-6-4-5-18-7-9-21(29-24(18)23)25-30-20-10-8-19(17-22(20)31-25)36-16-15-35-3/h4-10,17H,11-16,28H2,1-3H3,(H,30,31). The van der Waals surface area contributed by atoms with Crippen LogP contribution in [0.25, 0.3) is 33.5 Å². The summed E-state index contributed by atoms with van der Waals surface area (Å²) in [7, 11) is 1.65. The number of hydrogen-bond donors (Lipinski definition) is 2. The molecule has 0 atom stereocenters. The predicted molar refractivity (Wildman–Crippen MR) is 141 cm³/mol. The van der Waals surface area contributed by atoms with E-state index in [9.17, 15) is 4.79 Å². The monoisotopic (exact) mass is 488 g/mol. The lowest BCUT2D eigenvalue weighted by Crippen LogP contribution is -2.57. The lowest BCUT2D eigenvalue weighted by molar-refractivity contribution is -0.136. The topological polar surface area (TPSA) is 110 Å². The molecular weight excluding hydrogens is 456 g/mol. The van der Waals surface area contributed by atoms with Crippen LogP contribution in [0, 0.1) is 0 Å². The number of hydrogen-bond acceptors (Lipinski definition) is 7. The Morgan fingerprint density at radius 3 is 2.61 bits per heavy atom. The zero-order chi connectivity index (χ0) is 25.3. The Morgan fingerprint density at radius 1 is 1.06 bits per heavy atom. The highest BCUT2D eigenvalue weighted by molar-refractivity contribution is 5.93. The van der Waals surface area contributed by atoms with Crippen LogP contribution in [0.1, 0.15) is 13.8 Å². The van der Waals surface area contributed by atoms with Gasteiger partial charge in [0.15, 0.2) is 5.82 Å². The zero-order valence-electron chi connectivity index (χ0n) is 21.0. The van der Waals surface area contributed by atoms with E-state index in [0.717, 1.165) is 52.2 Å². The number of benzene rings is 2. The molecule has 0 unspecified atom stereocenters. The molecule has 1 amide bonds. The van der Waals surface area contributed by atoms with Gasteiger partial charge >= 0.3 is 0 Å². The summed E-state index contributed by atoms with van der Waals surface area (Å²) in [6.07, 6.45) is 0. The summed E-state index contributed by atoms with van der Waals surface area (Å²) in [5, 5.41) is 1.06. The van der Waals surface area contributed by atoms with Crippen LogP contribution >= 0.6 is 0 Å². The molecule has 3 heterocycles. The Bertz CT molecular complexity index is 1390. The van der Waals surface area contributed by atoms with E-state index in [1.807, 2.05) is 35.2 Å². The maximum atomic E-state index is 12.6. The van der Waals surface area contributed by atoms with Crippen molar-refractivity contribution in [2.45, 2.75) is 19.4 Å². The van der Waals surface area contributed by atoms with Crippen LogP contribution in [0.4, 0.5) is 5.69 Å². The van der Waals surface area contributed by atoms with E-state index < -0.39 is 5.54 Å². The number of piperazine rings is 1. The van der Waals surface area contributed by atoms with E-state index in [0.29, 0.717) is 32.1 Å². The van der Waals surface area contributed by atoms with Crippen molar-refractivity contribution in [3.05, 3.63) is 48.5 Å². The first-order valence-corrected chi connectivity index (χ1v) is 12.2. The smallest absolute Gasteiger partial charge is 0.242 e. The molecule has 0 aliphatic carbocycles. The fourth-order valence-electron chi connectivity index (χ4n) is 4.52. The highest BCUT2D eigenvalue weighted by atomic mass is 16.5. The molecule has 4 aromatic rings. The molecule has 3 N–H and O–H groups in total. The van der Waals surface area contributed by atoms with Gasteiger partial charge in [0.2, 0.25) is 5.91 Å². The number of fused-ring (bicyclic) bond motifs is 2. The molecule has 1 saturated heterocycles. The van der Waals surface area contributed by atoms with Gasteiger partial charge in [-0.2, -0.15) is 0 Å². The van der Waals surface area contributed by atoms with Gasteiger partial charge in [0.25, 0.3) is 0 Å². The van der Waals surface area contributed by atoms with E-state index in [1.165, 1.54) is 0 Å². The predicted octanol–water partition coefficient (Wildman–Crippen LogP) is 3.19. The summed E-state index contributed by atoms with van der Waals surface area (Å²) >= 11 is 0. The number of imidazole rings is 1. The summed E-state index contributed by atoms with van der Waals surface area (Å²) in [5.74, 6) is 1.44. The molecule has 9 nitrogen and oxygen atoms in total. The lowest BCUT2D eigenvalue weighted by Gasteiger charge is -2.38. The van der Waals surface area contributed by atoms with Crippen LogP contribution in [0.3, 0.4) is 0 Å². The Labute approximate surface area is 210 Å². The SMILES string of the molecule is COCCOc1ccc2[nH]c(-c3ccc4cccc(N5CCN(C(=O)C(C)(C)N)CC5)c4n3)nc2c1. The number of para-hydroxylation sites is 1. The molecule has 0 bridgehead atoms. The van der Waals surface area contributed by atoms with Gasteiger partial charge in [-0.1, -0.05) is 18.2 Å². The fourth-order valence-corrected chi connectivity index (χ4v) is 4.52. The molecule has 1 aliphatic heterocycles. The Kier molecular flexibility index (Phi) is 6.51. The van der Waals surface area contributed by atoms with Gasteiger partial charge in [0.05, 0.1) is 34.4 Å². The zero-order valence-corrected chi connectivity index (χ0v) is 21.0. The number of carbonyl (C=O) groups is 1. The van der Waals surface area contributed by atoms with Crippen molar-refractivity contribution in [2.24, 2.45) is 5.73 Å². The number of carbonyl (C=O) groups excluding carboxylic acids is 1. The summed E-state index contributed by atoms with van der Waals surface area (Å²) in [6.45, 7) is 7.25. The highest BCUT2D eigenvalue weighted by Gasteiger charge is 2.30. The van der Waals surface area contributed by atoms with Crippen molar-refractivity contribution in [3.8, 4) is 17.3 Å². The molecule has 0 spiro atoms. The molecule has 5 rings (SSSR count). The molecule has 0 radical (unpaired) electrons. The van der Waals surface area contributed by atoms with Gasteiger partial charge in [-0.05, 0) is 38.1 Å². The number of anilines is 1. The third-order valence-corrected chi connectivity index (χ3v) is 6.41. The highest BCUT2D eigenvalue weighted by Crippen LogP contribution is 2.30. The second-order valence-corrected chi connectivity index (χ2v) is 9.65. The van der Waals surface area contributed by atoms with E-state index in [4.69, 9.17) is 25.2 Å². The minimum atomic E-state index is -0.860. The quantitative estimate of drug-likeness (QED) is 0.385. The number of H-pyrrole nitrogens is 1. The van der Waals surface area contributed by atoms with Gasteiger partial charge in [-0.3, -0.25) is 4.79 Å². The Balaban J connectivity index is 1.40. The van der Waals surface area contributed by atoms with Crippen LogP contribution in [0.15, 0.2) is 48.5 Å². The normalized spacial score (nSPS) is 14.6. The second kappa shape index (κ2) is 9.75. The maximum Gasteiger partial charge on any atom is 0.242 e. The third-order valence-electron chi connectivity index (χ3n) is 6.41. The number of nitrogens with zero attached hydrogens (tertiary/aromatic N) is 4. The number of pyridine rings is 1. The van der Waals surface area contributed by atoms with Gasteiger partial charge in [-0.25, -0.2) is 9.97 Å². The first-order chi connectivity index (χ1) is 17.3. The van der Waals surface area contributed by atoms with E-state index >= 15 is 0 Å². The van der Waals surface area contributed by atoms with Crippen molar-refractivity contribution in [1.29, 1.82) is 0 Å². The molecule has 9 heteroatoms. The van der Waals surface area contributed by atoms with E-state index in [1.54, 1.807) is 21.0 Å². The molecule has 2 aromatic carbocycles. The number of rotatable bonds is 7. The number of aromatic amines is 1. The average Bonchev–Trinajstić information content (AvgIpc) is 3.31. The van der Waals surface area contributed by atoms with Gasteiger partial charge in [-0.15, -0.1) is 0 Å². The second-order valence-electron chi connectivity index (χ2n) is 9.65. The molecular formula is C27H32N6O3. The largest absolute Gasteiger partial charge is 0.491 e. The molecule has 2 aromatic heterocycles. The number of methoxy groups -OCH3 is 1. The first kappa shape index (κ1) is 24.0. The van der Waals surface area contributed by atoms with Crippen LogP contribution < -0.4 is 15.4 Å². The maximum absolute atomic E-state index is 12.6. The number of nitrogens with two attached hydrogens (primary N) is 1. The summed E-state index contributed by atoms with van der Waals surface area (Å²) < 4.78 is 10.8. The van der Waals surface area contributed by atoms with Gasteiger partial charge < -0.3 is 30.0 Å². The fraction of sp³-hybridized carbons (Fsp3) is 0.370. The molecule has 1 aliphatic rings. The first-order valence-electron chi connectivity index (χ1n) is 12.2. The number of amides is 1. The molecule has 36 heavy (non-hydrogen) atoms. The van der Waals surface area contributed by atoms with Gasteiger partial charge in [0.1, 0.15) is 18.1 Å². The van der Waals surface area contributed by atoms with Crippen LogP contribution in [-0.2, 0) is 9.53 Å². The minimum Gasteiger partial charge on any atom is -0.491 e.